The molecule has 2 rings (SSSR count). The number of carbonyl (C=O) groups is 1. The first-order chi connectivity index (χ1) is 7.09. The number of hydrogen-bond acceptors (Lipinski definition) is 5. The molecule has 78 valence electrons. The molecule has 0 amide bonds. The summed E-state index contributed by atoms with van der Waals surface area (Å²) in [5.74, 6) is 0.368. The van der Waals surface area contributed by atoms with Crippen molar-refractivity contribution in [3.63, 3.8) is 0 Å². The lowest BCUT2D eigenvalue weighted by Crippen LogP contribution is -1.95. The van der Waals surface area contributed by atoms with Crippen LogP contribution in [0.5, 0.6) is 0 Å². The molecule has 15 heavy (non-hydrogen) atoms. The van der Waals surface area contributed by atoms with Gasteiger partial charge in [-0.3, -0.25) is 0 Å². The Bertz CT molecular complexity index is 515. The highest BCUT2D eigenvalue weighted by atomic mass is 32.1. The van der Waals surface area contributed by atoms with Gasteiger partial charge in [0.1, 0.15) is 17.2 Å². The van der Waals surface area contributed by atoms with Gasteiger partial charge in [0, 0.05) is 5.56 Å². The third kappa shape index (κ3) is 1.63. The van der Waals surface area contributed by atoms with Crippen molar-refractivity contribution in [3.8, 4) is 11.3 Å². The minimum absolute atomic E-state index is 0.138. The van der Waals surface area contributed by atoms with Crippen LogP contribution >= 0.6 is 11.5 Å². The summed E-state index contributed by atoms with van der Waals surface area (Å²) in [6.45, 7) is 3.57. The van der Waals surface area contributed by atoms with Gasteiger partial charge in [-0.15, -0.1) is 5.10 Å². The van der Waals surface area contributed by atoms with Gasteiger partial charge in [0.15, 0.2) is 4.88 Å². The van der Waals surface area contributed by atoms with Crippen molar-refractivity contribution in [1.82, 2.24) is 9.59 Å². The number of aryl methyl sites for hydroxylation is 2. The van der Waals surface area contributed by atoms with E-state index in [9.17, 15) is 4.79 Å². The van der Waals surface area contributed by atoms with Crippen LogP contribution in [0.3, 0.4) is 0 Å². The van der Waals surface area contributed by atoms with Gasteiger partial charge in [-0.25, -0.2) is 4.79 Å². The Hall–Kier alpha value is -1.69. The predicted molar refractivity (Wildman–Crippen MR) is 54.0 cm³/mol. The lowest BCUT2D eigenvalue weighted by molar-refractivity contribution is 0.0702. The van der Waals surface area contributed by atoms with Crippen molar-refractivity contribution in [3.05, 3.63) is 22.5 Å². The molecule has 0 unspecified atom stereocenters. The molecule has 5 nitrogen and oxygen atoms in total. The fraction of sp³-hybridized carbons (Fsp3) is 0.222. The quantitative estimate of drug-likeness (QED) is 0.845. The Morgan fingerprint density at radius 1 is 1.53 bits per heavy atom. The molecule has 1 N–H and O–H groups in total. The van der Waals surface area contributed by atoms with Gasteiger partial charge in [0.05, 0.1) is 0 Å². The highest BCUT2D eigenvalue weighted by Crippen LogP contribution is 2.29. The van der Waals surface area contributed by atoms with Gasteiger partial charge in [-0.05, 0) is 31.4 Å². The van der Waals surface area contributed by atoms with E-state index in [0.29, 0.717) is 17.0 Å². The third-order valence-electron chi connectivity index (χ3n) is 1.98. The lowest BCUT2D eigenvalue weighted by Gasteiger charge is -1.93. The van der Waals surface area contributed by atoms with Crippen molar-refractivity contribution >= 4 is 17.5 Å². The topological polar surface area (TPSA) is 76.2 Å². The number of aromatic nitrogens is 2. The molecule has 0 saturated heterocycles. The normalized spacial score (nSPS) is 10.5. The van der Waals surface area contributed by atoms with E-state index in [4.69, 9.17) is 9.52 Å². The van der Waals surface area contributed by atoms with Gasteiger partial charge in [0.2, 0.25) is 0 Å². The molecule has 0 aliphatic carbocycles. The SMILES string of the molecule is Cc1cc(-c2nnsc2C(=O)O)c(C)o1. The summed E-state index contributed by atoms with van der Waals surface area (Å²) < 4.78 is 8.96. The molecule has 0 aromatic carbocycles. The van der Waals surface area contributed by atoms with E-state index in [0.717, 1.165) is 17.3 Å². The predicted octanol–water partition coefficient (Wildman–Crippen LogP) is 2.11. The Morgan fingerprint density at radius 2 is 2.27 bits per heavy atom. The van der Waals surface area contributed by atoms with Gasteiger partial charge in [-0.1, -0.05) is 4.49 Å². The molecule has 0 aliphatic heterocycles. The van der Waals surface area contributed by atoms with Gasteiger partial charge >= 0.3 is 5.97 Å². The monoisotopic (exact) mass is 224 g/mol. The second-order valence-corrected chi connectivity index (χ2v) is 3.84. The van der Waals surface area contributed by atoms with E-state index in [1.165, 1.54) is 0 Å². The summed E-state index contributed by atoms with van der Waals surface area (Å²) in [5.41, 5.74) is 1.07. The molecule has 0 atom stereocenters. The minimum atomic E-state index is -1.02. The summed E-state index contributed by atoms with van der Waals surface area (Å²) in [4.78, 5) is 11.0. The zero-order valence-electron chi connectivity index (χ0n) is 8.14. The number of furan rings is 1. The number of rotatable bonds is 2. The average Bonchev–Trinajstić information content (AvgIpc) is 2.71. The highest BCUT2D eigenvalue weighted by molar-refractivity contribution is 7.08. The first kappa shape index (κ1) is 9.85. The Balaban J connectivity index is 2.58. The Morgan fingerprint density at radius 3 is 2.80 bits per heavy atom. The molecule has 0 spiro atoms. The van der Waals surface area contributed by atoms with Crippen LogP contribution in [-0.4, -0.2) is 20.7 Å². The molecule has 2 aromatic rings. The van der Waals surface area contributed by atoms with Crippen LogP contribution < -0.4 is 0 Å². The van der Waals surface area contributed by atoms with Crippen LogP contribution in [0.4, 0.5) is 0 Å². The standard InChI is InChI=1S/C9H8N2O3S/c1-4-3-6(5(2)14-4)7-8(9(12)13)15-11-10-7/h3H,1-2H3,(H,12,13). The fourth-order valence-electron chi connectivity index (χ4n) is 1.37. The summed E-state index contributed by atoms with van der Waals surface area (Å²) in [7, 11) is 0. The van der Waals surface area contributed by atoms with E-state index in [1.807, 2.05) is 0 Å². The fourth-order valence-corrected chi connectivity index (χ4v) is 1.89. The maximum atomic E-state index is 10.9. The summed E-state index contributed by atoms with van der Waals surface area (Å²) in [6.07, 6.45) is 0. The van der Waals surface area contributed by atoms with Gasteiger partial charge in [0.25, 0.3) is 0 Å². The smallest absolute Gasteiger partial charge is 0.349 e. The maximum Gasteiger partial charge on any atom is 0.349 e. The highest BCUT2D eigenvalue weighted by Gasteiger charge is 2.20. The zero-order chi connectivity index (χ0) is 11.0. The zero-order valence-corrected chi connectivity index (χ0v) is 8.96. The molecule has 0 bridgehead atoms. The molecular weight excluding hydrogens is 216 g/mol. The van der Waals surface area contributed by atoms with Crippen LogP contribution in [0.25, 0.3) is 11.3 Å². The van der Waals surface area contributed by atoms with Crippen LogP contribution in [0.2, 0.25) is 0 Å². The van der Waals surface area contributed by atoms with Crippen molar-refractivity contribution in [1.29, 1.82) is 0 Å². The lowest BCUT2D eigenvalue weighted by atomic mass is 10.1. The minimum Gasteiger partial charge on any atom is -0.477 e. The summed E-state index contributed by atoms with van der Waals surface area (Å²) in [5, 5.41) is 12.7. The van der Waals surface area contributed by atoms with E-state index in [2.05, 4.69) is 9.59 Å². The molecule has 0 aliphatic rings. The first-order valence-electron chi connectivity index (χ1n) is 4.22. The van der Waals surface area contributed by atoms with E-state index < -0.39 is 5.97 Å². The van der Waals surface area contributed by atoms with E-state index in [-0.39, 0.29) is 4.88 Å². The molecule has 0 radical (unpaired) electrons. The van der Waals surface area contributed by atoms with Crippen LogP contribution in [0, 0.1) is 13.8 Å². The number of carboxylic acid groups (broad SMARTS) is 1. The molecule has 0 fully saturated rings. The molecule has 6 heteroatoms. The van der Waals surface area contributed by atoms with Crippen molar-refractivity contribution in [2.24, 2.45) is 0 Å². The van der Waals surface area contributed by atoms with Crippen molar-refractivity contribution in [2.45, 2.75) is 13.8 Å². The Kier molecular flexibility index (Phi) is 2.28. The molecule has 0 saturated carbocycles. The summed E-state index contributed by atoms with van der Waals surface area (Å²) in [6, 6.07) is 1.76. The number of nitrogens with zero attached hydrogens (tertiary/aromatic N) is 2. The second-order valence-electron chi connectivity index (χ2n) is 3.08. The molecule has 2 heterocycles. The first-order valence-corrected chi connectivity index (χ1v) is 5.00. The number of carboxylic acids is 1. The third-order valence-corrected chi connectivity index (χ3v) is 2.69. The average molecular weight is 224 g/mol. The van der Waals surface area contributed by atoms with Crippen molar-refractivity contribution in [2.75, 3.05) is 0 Å². The number of hydrogen-bond donors (Lipinski definition) is 1. The maximum absolute atomic E-state index is 10.9. The van der Waals surface area contributed by atoms with Crippen molar-refractivity contribution < 1.29 is 14.3 Å². The molecular formula is C9H8N2O3S. The van der Waals surface area contributed by atoms with E-state index in [1.54, 1.807) is 19.9 Å². The van der Waals surface area contributed by atoms with E-state index >= 15 is 0 Å². The van der Waals surface area contributed by atoms with Gasteiger partial charge < -0.3 is 9.52 Å². The van der Waals surface area contributed by atoms with Crippen LogP contribution in [0.1, 0.15) is 21.2 Å². The Labute approximate surface area is 89.5 Å². The van der Waals surface area contributed by atoms with Crippen LogP contribution in [0.15, 0.2) is 10.5 Å². The van der Waals surface area contributed by atoms with Crippen LogP contribution in [-0.2, 0) is 0 Å². The second kappa shape index (κ2) is 3.47. The molecule has 2 aromatic heterocycles. The summed E-state index contributed by atoms with van der Waals surface area (Å²) >= 11 is 0.868. The largest absolute Gasteiger partial charge is 0.477 e. The van der Waals surface area contributed by atoms with Gasteiger partial charge in [-0.2, -0.15) is 0 Å². The number of aromatic carboxylic acids is 1.